The molecule has 0 aliphatic carbocycles. The van der Waals surface area contributed by atoms with Gasteiger partial charge in [-0.3, -0.25) is 13.9 Å². The Bertz CT molecular complexity index is 1600. The first-order valence-corrected chi connectivity index (χ1v) is 16.1. The van der Waals surface area contributed by atoms with E-state index in [1.807, 2.05) is 37.3 Å². The van der Waals surface area contributed by atoms with Crippen LogP contribution in [-0.2, 0) is 32.6 Å². The molecular weight excluding hydrogens is 605 g/mol. The number of nitrogens with zero attached hydrogens (tertiary/aromatic N) is 2. The van der Waals surface area contributed by atoms with Crippen molar-refractivity contribution in [1.82, 2.24) is 10.2 Å². The summed E-state index contributed by atoms with van der Waals surface area (Å²) >= 11 is 12.1. The standard InChI is InChI=1S/C33H33Cl2N3O4S/c1-2-21-36-33(40)31(22-25-9-5-3-6-10-25)37(23-26-13-15-27(34)16-14-26)32(39)24-38(29-11-7-4-8-12-29)43(41,42)30-19-17-28(35)18-20-30/h3-20,31H,2,21-24H2,1H3,(H,36,40). The Kier molecular flexibility index (Phi) is 11.2. The van der Waals surface area contributed by atoms with Crippen LogP contribution >= 0.6 is 23.2 Å². The average Bonchev–Trinajstić information content (AvgIpc) is 3.02. The number of carbonyl (C=O) groups excluding carboxylic acids is 2. The van der Waals surface area contributed by atoms with Crippen molar-refractivity contribution < 1.29 is 18.0 Å². The number of hydrogen-bond donors (Lipinski definition) is 1. The molecule has 1 atom stereocenters. The molecule has 2 amide bonds. The molecule has 4 aromatic carbocycles. The molecule has 0 aliphatic rings. The highest BCUT2D eigenvalue weighted by molar-refractivity contribution is 7.92. The Morgan fingerprint density at radius 2 is 1.33 bits per heavy atom. The van der Waals surface area contributed by atoms with Crippen LogP contribution in [0, 0.1) is 0 Å². The fraction of sp³-hybridized carbons (Fsp3) is 0.212. The fourth-order valence-corrected chi connectivity index (χ4v) is 6.23. The molecule has 224 valence electrons. The number of para-hydroxylation sites is 1. The van der Waals surface area contributed by atoms with Gasteiger partial charge in [-0.1, -0.05) is 90.8 Å². The summed E-state index contributed by atoms with van der Waals surface area (Å²) < 4.78 is 29.0. The van der Waals surface area contributed by atoms with Gasteiger partial charge in [0, 0.05) is 29.6 Å². The van der Waals surface area contributed by atoms with Gasteiger partial charge in [-0.05, 0) is 66.1 Å². The maximum Gasteiger partial charge on any atom is 0.264 e. The summed E-state index contributed by atoms with van der Waals surface area (Å²) in [7, 11) is -4.19. The van der Waals surface area contributed by atoms with Gasteiger partial charge in [-0.15, -0.1) is 0 Å². The van der Waals surface area contributed by atoms with Crippen LogP contribution in [0.2, 0.25) is 10.0 Å². The average molecular weight is 639 g/mol. The lowest BCUT2D eigenvalue weighted by molar-refractivity contribution is -0.140. The number of anilines is 1. The van der Waals surface area contributed by atoms with E-state index in [2.05, 4.69) is 5.32 Å². The zero-order valence-corrected chi connectivity index (χ0v) is 26.0. The van der Waals surface area contributed by atoms with Gasteiger partial charge in [0.2, 0.25) is 11.8 Å². The number of amides is 2. The zero-order chi connectivity index (χ0) is 30.8. The summed E-state index contributed by atoms with van der Waals surface area (Å²) in [6, 6.07) is 29.7. The van der Waals surface area contributed by atoms with Gasteiger partial charge < -0.3 is 10.2 Å². The van der Waals surface area contributed by atoms with Crippen LogP contribution in [0.5, 0.6) is 0 Å². The largest absolute Gasteiger partial charge is 0.354 e. The van der Waals surface area contributed by atoms with Gasteiger partial charge in [0.05, 0.1) is 10.6 Å². The van der Waals surface area contributed by atoms with Gasteiger partial charge >= 0.3 is 0 Å². The normalized spacial score (nSPS) is 11.9. The molecule has 1 unspecified atom stereocenters. The molecule has 0 aromatic heterocycles. The predicted octanol–water partition coefficient (Wildman–Crippen LogP) is 6.36. The molecule has 0 fully saturated rings. The van der Waals surface area contributed by atoms with Crippen molar-refractivity contribution in [2.24, 2.45) is 0 Å². The van der Waals surface area contributed by atoms with Crippen molar-refractivity contribution in [3.63, 3.8) is 0 Å². The summed E-state index contributed by atoms with van der Waals surface area (Å²) in [5.41, 5.74) is 1.92. The highest BCUT2D eigenvalue weighted by Crippen LogP contribution is 2.26. The SMILES string of the molecule is CCCNC(=O)C(Cc1ccccc1)N(Cc1ccc(Cl)cc1)C(=O)CN(c1ccccc1)S(=O)(=O)c1ccc(Cl)cc1. The van der Waals surface area contributed by atoms with Crippen LogP contribution in [-0.4, -0.2) is 44.3 Å². The minimum atomic E-state index is -4.19. The van der Waals surface area contributed by atoms with Crippen LogP contribution in [0.1, 0.15) is 24.5 Å². The molecule has 0 spiro atoms. The second-order valence-electron chi connectivity index (χ2n) is 9.95. The molecule has 1 N–H and O–H groups in total. The molecule has 0 heterocycles. The van der Waals surface area contributed by atoms with Crippen LogP contribution in [0.3, 0.4) is 0 Å². The van der Waals surface area contributed by atoms with Crippen LogP contribution in [0.4, 0.5) is 5.69 Å². The van der Waals surface area contributed by atoms with Crippen LogP contribution < -0.4 is 9.62 Å². The summed E-state index contributed by atoms with van der Waals surface area (Å²) in [5.74, 6) is -0.858. The second kappa shape index (κ2) is 15.0. The molecule has 7 nitrogen and oxygen atoms in total. The van der Waals surface area contributed by atoms with Gasteiger partial charge in [0.15, 0.2) is 0 Å². The number of benzene rings is 4. The van der Waals surface area contributed by atoms with E-state index < -0.39 is 28.5 Å². The van der Waals surface area contributed by atoms with Crippen molar-refractivity contribution >= 4 is 50.7 Å². The molecule has 4 aromatic rings. The fourth-order valence-electron chi connectivity index (χ4n) is 4.56. The zero-order valence-electron chi connectivity index (χ0n) is 23.7. The number of rotatable bonds is 13. The third kappa shape index (κ3) is 8.60. The molecule has 0 aliphatic heterocycles. The highest BCUT2D eigenvalue weighted by Gasteiger charge is 2.34. The van der Waals surface area contributed by atoms with E-state index in [1.165, 1.54) is 29.2 Å². The van der Waals surface area contributed by atoms with E-state index in [0.29, 0.717) is 22.3 Å². The van der Waals surface area contributed by atoms with Crippen LogP contribution in [0.25, 0.3) is 0 Å². The van der Waals surface area contributed by atoms with Gasteiger partial charge in [0.25, 0.3) is 10.0 Å². The van der Waals surface area contributed by atoms with Crippen molar-refractivity contribution in [1.29, 1.82) is 0 Å². The lowest BCUT2D eigenvalue weighted by atomic mass is 10.0. The van der Waals surface area contributed by atoms with E-state index in [-0.39, 0.29) is 23.8 Å². The summed E-state index contributed by atoms with van der Waals surface area (Å²) in [6.07, 6.45) is 0.959. The summed E-state index contributed by atoms with van der Waals surface area (Å²) in [6.45, 7) is 1.92. The van der Waals surface area contributed by atoms with Crippen molar-refractivity contribution in [2.45, 2.75) is 37.2 Å². The monoisotopic (exact) mass is 637 g/mol. The lowest BCUT2D eigenvalue weighted by Gasteiger charge is -2.34. The highest BCUT2D eigenvalue weighted by atomic mass is 35.5. The number of nitrogens with one attached hydrogen (secondary N) is 1. The first-order chi connectivity index (χ1) is 20.7. The molecule has 4 rings (SSSR count). The van der Waals surface area contributed by atoms with Crippen LogP contribution in [0.15, 0.2) is 114 Å². The lowest BCUT2D eigenvalue weighted by Crippen LogP contribution is -2.53. The Morgan fingerprint density at radius 1 is 0.767 bits per heavy atom. The number of carbonyl (C=O) groups is 2. The maximum atomic E-state index is 14.3. The van der Waals surface area contributed by atoms with Crippen molar-refractivity contribution in [3.05, 3.63) is 130 Å². The first-order valence-electron chi connectivity index (χ1n) is 13.9. The molecule has 10 heteroatoms. The Labute approximate surface area is 263 Å². The second-order valence-corrected chi connectivity index (χ2v) is 12.7. The van der Waals surface area contributed by atoms with Gasteiger partial charge in [0.1, 0.15) is 12.6 Å². The van der Waals surface area contributed by atoms with E-state index >= 15 is 0 Å². The minimum Gasteiger partial charge on any atom is -0.354 e. The van der Waals surface area contributed by atoms with E-state index in [4.69, 9.17) is 23.2 Å². The van der Waals surface area contributed by atoms with Gasteiger partial charge in [-0.2, -0.15) is 0 Å². The summed E-state index contributed by atoms with van der Waals surface area (Å²) in [5, 5.41) is 3.85. The molecule has 0 radical (unpaired) electrons. The number of hydrogen-bond acceptors (Lipinski definition) is 4. The maximum absolute atomic E-state index is 14.3. The molecule has 0 saturated heterocycles. The van der Waals surface area contributed by atoms with E-state index in [0.717, 1.165) is 21.9 Å². The Hall–Kier alpha value is -3.85. The van der Waals surface area contributed by atoms with E-state index in [9.17, 15) is 18.0 Å². The number of sulfonamides is 1. The molecule has 0 bridgehead atoms. The van der Waals surface area contributed by atoms with Gasteiger partial charge in [-0.25, -0.2) is 8.42 Å². The Balaban J connectivity index is 1.77. The van der Waals surface area contributed by atoms with Crippen molar-refractivity contribution in [2.75, 3.05) is 17.4 Å². The topological polar surface area (TPSA) is 86.8 Å². The molecular formula is C33H33Cl2N3O4S. The molecule has 43 heavy (non-hydrogen) atoms. The minimum absolute atomic E-state index is 0.0145. The Morgan fingerprint density at radius 3 is 1.91 bits per heavy atom. The third-order valence-corrected chi connectivity index (χ3v) is 9.10. The van der Waals surface area contributed by atoms with Crippen molar-refractivity contribution in [3.8, 4) is 0 Å². The predicted molar refractivity (Wildman–Crippen MR) is 172 cm³/mol. The summed E-state index contributed by atoms with van der Waals surface area (Å²) in [4.78, 5) is 29.4. The third-order valence-electron chi connectivity index (χ3n) is 6.81. The van der Waals surface area contributed by atoms with E-state index in [1.54, 1.807) is 54.6 Å². The first kappa shape index (κ1) is 32.1. The number of halogens is 2. The quantitative estimate of drug-likeness (QED) is 0.185. The molecule has 0 saturated carbocycles. The smallest absolute Gasteiger partial charge is 0.264 e.